The number of carbonyl (C=O) groups excluding carboxylic acids is 1. The molecule has 1 fully saturated rings. The number of aryl methyl sites for hydroxylation is 1. The van der Waals surface area contributed by atoms with Gasteiger partial charge in [-0.15, -0.1) is 0 Å². The number of hydrogen-bond acceptors (Lipinski definition) is 6. The zero-order valence-electron chi connectivity index (χ0n) is 14.7. The maximum Gasteiger partial charge on any atom is 0.228 e. The fraction of sp³-hybridized carbons (Fsp3) is 0.529. The van der Waals surface area contributed by atoms with E-state index in [-0.39, 0.29) is 11.8 Å². The first-order chi connectivity index (χ1) is 12.2. The van der Waals surface area contributed by atoms with Crippen LogP contribution in [0.25, 0.3) is 0 Å². The first-order valence-corrected chi connectivity index (χ1v) is 8.53. The van der Waals surface area contributed by atoms with Crippen LogP contribution in [0.1, 0.15) is 18.4 Å². The first kappa shape index (κ1) is 17.2. The Labute approximate surface area is 147 Å². The summed E-state index contributed by atoms with van der Waals surface area (Å²) in [6, 6.07) is 1.73. The Balaban J connectivity index is 1.44. The molecular weight excluding hydrogens is 320 g/mol. The number of hydrogen-bond donors (Lipinski definition) is 1. The summed E-state index contributed by atoms with van der Waals surface area (Å²) < 4.78 is 6.91. The zero-order chi connectivity index (χ0) is 17.6. The molecule has 134 valence electrons. The average Bonchev–Trinajstić information content (AvgIpc) is 3.07. The molecule has 2 aromatic rings. The molecule has 1 aliphatic heterocycles. The summed E-state index contributed by atoms with van der Waals surface area (Å²) in [4.78, 5) is 23.1. The highest BCUT2D eigenvalue weighted by Crippen LogP contribution is 2.21. The Morgan fingerprint density at radius 2 is 2.20 bits per heavy atom. The third-order valence-electron chi connectivity index (χ3n) is 4.45. The molecule has 0 aromatic carbocycles. The lowest BCUT2D eigenvalue weighted by atomic mass is 9.96. The van der Waals surface area contributed by atoms with Gasteiger partial charge in [-0.25, -0.2) is 4.98 Å². The molecule has 1 saturated heterocycles. The molecule has 2 aromatic heterocycles. The van der Waals surface area contributed by atoms with E-state index in [2.05, 4.69) is 25.3 Å². The fourth-order valence-corrected chi connectivity index (χ4v) is 3.02. The average molecular weight is 344 g/mol. The predicted molar refractivity (Wildman–Crippen MR) is 93.4 cm³/mol. The van der Waals surface area contributed by atoms with Crippen LogP contribution >= 0.6 is 0 Å². The quantitative estimate of drug-likeness (QED) is 0.834. The number of aromatic nitrogens is 4. The highest BCUT2D eigenvalue weighted by molar-refractivity contribution is 5.78. The summed E-state index contributed by atoms with van der Waals surface area (Å²) in [7, 11) is 3.48. The maximum atomic E-state index is 12.3. The van der Waals surface area contributed by atoms with Crippen molar-refractivity contribution in [2.24, 2.45) is 13.0 Å². The molecule has 0 aliphatic carbocycles. The molecule has 0 bridgehead atoms. The summed E-state index contributed by atoms with van der Waals surface area (Å²) in [6.45, 7) is 2.19. The number of ether oxygens (including phenoxy) is 1. The van der Waals surface area contributed by atoms with Crippen LogP contribution in [0.4, 0.5) is 5.95 Å². The summed E-state index contributed by atoms with van der Waals surface area (Å²) >= 11 is 0. The van der Waals surface area contributed by atoms with Crippen molar-refractivity contribution in [3.05, 3.63) is 30.2 Å². The molecule has 8 heteroatoms. The molecule has 3 heterocycles. The Kier molecular flexibility index (Phi) is 5.47. The van der Waals surface area contributed by atoms with Gasteiger partial charge in [0.2, 0.25) is 17.7 Å². The van der Waals surface area contributed by atoms with Crippen LogP contribution in [0.5, 0.6) is 5.88 Å². The summed E-state index contributed by atoms with van der Waals surface area (Å²) in [5, 5.41) is 7.17. The minimum absolute atomic E-state index is 0.0516. The van der Waals surface area contributed by atoms with Crippen LogP contribution in [0.2, 0.25) is 0 Å². The van der Waals surface area contributed by atoms with Crippen molar-refractivity contribution in [1.29, 1.82) is 0 Å². The van der Waals surface area contributed by atoms with Crippen LogP contribution in [-0.4, -0.2) is 52.4 Å². The molecule has 1 N–H and O–H groups in total. The summed E-state index contributed by atoms with van der Waals surface area (Å²) in [5.74, 6) is 1.40. The molecule has 1 aliphatic rings. The van der Waals surface area contributed by atoms with Crippen molar-refractivity contribution < 1.29 is 9.53 Å². The monoisotopic (exact) mass is 344 g/mol. The number of anilines is 1. The van der Waals surface area contributed by atoms with Gasteiger partial charge in [0.1, 0.15) is 0 Å². The van der Waals surface area contributed by atoms with Crippen molar-refractivity contribution in [3.8, 4) is 5.88 Å². The lowest BCUT2D eigenvalue weighted by molar-refractivity contribution is -0.125. The van der Waals surface area contributed by atoms with Gasteiger partial charge in [-0.3, -0.25) is 9.48 Å². The fourth-order valence-electron chi connectivity index (χ4n) is 3.02. The molecule has 8 nitrogen and oxygen atoms in total. The Bertz CT molecular complexity index is 709. The molecule has 25 heavy (non-hydrogen) atoms. The standard InChI is InChI=1S/C17H24N6O2/c1-22-12-13(11-20-22)3-7-18-16(24)14-5-9-23(10-6-14)17-19-8-4-15(21-17)25-2/h4,8,11-12,14H,3,5-7,9-10H2,1-2H3,(H,18,24). The topological polar surface area (TPSA) is 85.2 Å². The van der Waals surface area contributed by atoms with E-state index in [1.54, 1.807) is 24.1 Å². The van der Waals surface area contributed by atoms with Gasteiger partial charge in [-0.1, -0.05) is 0 Å². The van der Waals surface area contributed by atoms with E-state index in [1.165, 1.54) is 0 Å². The van der Waals surface area contributed by atoms with Crippen LogP contribution < -0.4 is 15.0 Å². The lowest BCUT2D eigenvalue weighted by Crippen LogP contribution is -2.41. The second-order valence-electron chi connectivity index (χ2n) is 6.22. The van der Waals surface area contributed by atoms with Crippen molar-refractivity contribution in [1.82, 2.24) is 25.1 Å². The normalized spacial score (nSPS) is 15.2. The second kappa shape index (κ2) is 7.96. The van der Waals surface area contributed by atoms with E-state index in [0.29, 0.717) is 18.4 Å². The number of amides is 1. The van der Waals surface area contributed by atoms with Crippen molar-refractivity contribution in [2.45, 2.75) is 19.3 Å². The number of piperidine rings is 1. The SMILES string of the molecule is COc1ccnc(N2CCC(C(=O)NCCc3cnn(C)c3)CC2)n1. The van der Waals surface area contributed by atoms with Crippen LogP contribution in [-0.2, 0) is 18.3 Å². The van der Waals surface area contributed by atoms with Crippen LogP contribution in [0, 0.1) is 5.92 Å². The first-order valence-electron chi connectivity index (χ1n) is 8.53. The molecule has 0 spiro atoms. The second-order valence-corrected chi connectivity index (χ2v) is 6.22. The smallest absolute Gasteiger partial charge is 0.228 e. The van der Waals surface area contributed by atoms with Crippen LogP contribution in [0.15, 0.2) is 24.7 Å². The van der Waals surface area contributed by atoms with Gasteiger partial charge in [0, 0.05) is 51.1 Å². The van der Waals surface area contributed by atoms with E-state index in [9.17, 15) is 4.79 Å². The van der Waals surface area contributed by atoms with Gasteiger partial charge in [-0.2, -0.15) is 10.1 Å². The van der Waals surface area contributed by atoms with Gasteiger partial charge in [0.25, 0.3) is 0 Å². The van der Waals surface area contributed by atoms with Gasteiger partial charge >= 0.3 is 0 Å². The third kappa shape index (κ3) is 4.46. The molecule has 0 unspecified atom stereocenters. The Morgan fingerprint density at radius 3 is 2.88 bits per heavy atom. The van der Waals surface area contributed by atoms with Crippen molar-refractivity contribution in [2.75, 3.05) is 31.6 Å². The minimum Gasteiger partial charge on any atom is -0.481 e. The van der Waals surface area contributed by atoms with E-state index < -0.39 is 0 Å². The molecule has 0 radical (unpaired) electrons. The molecule has 0 atom stereocenters. The molecule has 0 saturated carbocycles. The minimum atomic E-state index is 0.0516. The maximum absolute atomic E-state index is 12.3. The number of nitrogens with one attached hydrogen (secondary N) is 1. The van der Waals surface area contributed by atoms with E-state index in [0.717, 1.165) is 37.9 Å². The van der Waals surface area contributed by atoms with Crippen molar-refractivity contribution >= 4 is 11.9 Å². The molecule has 3 rings (SSSR count). The highest BCUT2D eigenvalue weighted by atomic mass is 16.5. The van der Waals surface area contributed by atoms with Crippen molar-refractivity contribution in [3.63, 3.8) is 0 Å². The van der Waals surface area contributed by atoms with Gasteiger partial charge in [0.05, 0.1) is 13.3 Å². The number of carbonyl (C=O) groups is 1. The van der Waals surface area contributed by atoms with Gasteiger partial charge in [0.15, 0.2) is 0 Å². The Hall–Kier alpha value is -2.64. The number of methoxy groups -OCH3 is 1. The largest absolute Gasteiger partial charge is 0.481 e. The Morgan fingerprint density at radius 1 is 1.40 bits per heavy atom. The predicted octanol–water partition coefficient (Wildman–Crippen LogP) is 0.794. The molecule has 1 amide bonds. The zero-order valence-corrected chi connectivity index (χ0v) is 14.7. The lowest BCUT2D eigenvalue weighted by Gasteiger charge is -2.31. The van der Waals surface area contributed by atoms with E-state index in [4.69, 9.17) is 4.74 Å². The van der Waals surface area contributed by atoms with E-state index in [1.807, 2.05) is 19.4 Å². The van der Waals surface area contributed by atoms with Gasteiger partial charge in [-0.05, 0) is 24.8 Å². The molecular formula is C17H24N6O2. The van der Waals surface area contributed by atoms with Gasteiger partial charge < -0.3 is 15.0 Å². The summed E-state index contributed by atoms with van der Waals surface area (Å²) in [5.41, 5.74) is 1.13. The number of rotatable bonds is 6. The summed E-state index contributed by atoms with van der Waals surface area (Å²) in [6.07, 6.45) is 7.91. The van der Waals surface area contributed by atoms with Crippen LogP contribution in [0.3, 0.4) is 0 Å². The number of nitrogens with zero attached hydrogens (tertiary/aromatic N) is 5. The highest BCUT2D eigenvalue weighted by Gasteiger charge is 2.26. The third-order valence-corrected chi connectivity index (χ3v) is 4.45. The van der Waals surface area contributed by atoms with E-state index >= 15 is 0 Å².